The Kier molecular flexibility index (Phi) is 5.22. The molecule has 0 saturated carbocycles. The van der Waals surface area contributed by atoms with E-state index in [0.717, 1.165) is 25.9 Å². The molecule has 3 heteroatoms. The first-order valence-electron chi connectivity index (χ1n) is 6.62. The maximum atomic E-state index is 10.3. The molecular weight excluding hydrogens is 200 g/mol. The van der Waals surface area contributed by atoms with Gasteiger partial charge in [0.25, 0.3) is 0 Å². The van der Waals surface area contributed by atoms with Crippen LogP contribution < -0.4 is 0 Å². The summed E-state index contributed by atoms with van der Waals surface area (Å²) in [5.74, 6) is 0. The van der Waals surface area contributed by atoms with E-state index < -0.39 is 5.60 Å². The SMILES string of the molecule is CCC(O)(CC)CN(C)C1CCCN(C)C1. The van der Waals surface area contributed by atoms with Crippen LogP contribution in [0.3, 0.4) is 0 Å². The second-order valence-corrected chi connectivity index (χ2v) is 5.40. The average molecular weight is 228 g/mol. The summed E-state index contributed by atoms with van der Waals surface area (Å²) < 4.78 is 0. The number of likely N-dealkylation sites (tertiary alicyclic amines) is 1. The highest BCUT2D eigenvalue weighted by Crippen LogP contribution is 2.20. The lowest BCUT2D eigenvalue weighted by molar-refractivity contribution is -0.0149. The van der Waals surface area contributed by atoms with Crippen molar-refractivity contribution in [2.24, 2.45) is 0 Å². The van der Waals surface area contributed by atoms with Crippen LogP contribution in [-0.2, 0) is 0 Å². The van der Waals surface area contributed by atoms with Gasteiger partial charge in [0.2, 0.25) is 0 Å². The van der Waals surface area contributed by atoms with Crippen molar-refractivity contribution in [1.29, 1.82) is 0 Å². The van der Waals surface area contributed by atoms with Crippen molar-refractivity contribution in [1.82, 2.24) is 9.80 Å². The summed E-state index contributed by atoms with van der Waals surface area (Å²) in [6, 6.07) is 0.614. The molecule has 0 aliphatic carbocycles. The molecule has 1 aliphatic heterocycles. The molecule has 3 nitrogen and oxygen atoms in total. The molecule has 1 heterocycles. The third-order valence-corrected chi connectivity index (χ3v) is 4.08. The topological polar surface area (TPSA) is 26.7 Å². The number of piperidine rings is 1. The van der Waals surface area contributed by atoms with Crippen LogP contribution in [0.15, 0.2) is 0 Å². The first-order chi connectivity index (χ1) is 7.50. The maximum Gasteiger partial charge on any atom is 0.0768 e. The first kappa shape index (κ1) is 13.9. The van der Waals surface area contributed by atoms with Gasteiger partial charge in [-0.15, -0.1) is 0 Å². The molecule has 96 valence electrons. The average Bonchev–Trinajstić information content (AvgIpc) is 2.29. The van der Waals surface area contributed by atoms with Crippen LogP contribution in [0.5, 0.6) is 0 Å². The summed E-state index contributed by atoms with van der Waals surface area (Å²) >= 11 is 0. The van der Waals surface area contributed by atoms with Gasteiger partial charge >= 0.3 is 0 Å². The van der Waals surface area contributed by atoms with Gasteiger partial charge in [0.15, 0.2) is 0 Å². The highest BCUT2D eigenvalue weighted by molar-refractivity contribution is 4.84. The molecule has 0 aromatic heterocycles. The second-order valence-electron chi connectivity index (χ2n) is 5.40. The van der Waals surface area contributed by atoms with Crippen molar-refractivity contribution in [2.75, 3.05) is 33.7 Å². The van der Waals surface area contributed by atoms with Crippen LogP contribution in [0.2, 0.25) is 0 Å². The molecule has 1 fully saturated rings. The highest BCUT2D eigenvalue weighted by Gasteiger charge is 2.28. The van der Waals surface area contributed by atoms with Crippen LogP contribution in [-0.4, -0.2) is 60.3 Å². The Morgan fingerprint density at radius 3 is 2.50 bits per heavy atom. The lowest BCUT2D eigenvalue weighted by Crippen LogP contribution is -2.50. The second kappa shape index (κ2) is 5.99. The molecule has 0 aromatic carbocycles. The van der Waals surface area contributed by atoms with Crippen LogP contribution in [0.1, 0.15) is 39.5 Å². The summed E-state index contributed by atoms with van der Waals surface area (Å²) in [4.78, 5) is 4.74. The highest BCUT2D eigenvalue weighted by atomic mass is 16.3. The van der Waals surface area contributed by atoms with Crippen LogP contribution >= 0.6 is 0 Å². The predicted octanol–water partition coefficient (Wildman–Crippen LogP) is 1.56. The summed E-state index contributed by atoms with van der Waals surface area (Å²) in [5.41, 5.74) is -0.495. The van der Waals surface area contributed by atoms with Crippen molar-refractivity contribution in [3.05, 3.63) is 0 Å². The van der Waals surface area contributed by atoms with Gasteiger partial charge < -0.3 is 10.0 Å². The summed E-state index contributed by atoms with van der Waals surface area (Å²) in [6.07, 6.45) is 4.24. The molecule has 1 rings (SSSR count). The third kappa shape index (κ3) is 3.72. The van der Waals surface area contributed by atoms with E-state index in [1.54, 1.807) is 0 Å². The fourth-order valence-corrected chi connectivity index (χ4v) is 2.57. The molecule has 16 heavy (non-hydrogen) atoms. The van der Waals surface area contributed by atoms with E-state index in [1.165, 1.54) is 19.4 Å². The Hall–Kier alpha value is -0.120. The van der Waals surface area contributed by atoms with E-state index in [1.807, 2.05) is 0 Å². The van der Waals surface area contributed by atoms with E-state index in [4.69, 9.17) is 0 Å². The fraction of sp³-hybridized carbons (Fsp3) is 1.00. The molecule has 0 bridgehead atoms. The van der Waals surface area contributed by atoms with Crippen LogP contribution in [0, 0.1) is 0 Å². The predicted molar refractivity (Wildman–Crippen MR) is 68.7 cm³/mol. The van der Waals surface area contributed by atoms with E-state index in [9.17, 15) is 5.11 Å². The van der Waals surface area contributed by atoms with Crippen molar-refractivity contribution in [2.45, 2.75) is 51.2 Å². The van der Waals surface area contributed by atoms with Gasteiger partial charge in [0.05, 0.1) is 5.60 Å². The molecule has 1 unspecified atom stereocenters. The van der Waals surface area contributed by atoms with Gasteiger partial charge in [-0.25, -0.2) is 0 Å². The smallest absolute Gasteiger partial charge is 0.0768 e. The fourth-order valence-electron chi connectivity index (χ4n) is 2.57. The van der Waals surface area contributed by atoms with Gasteiger partial charge in [0, 0.05) is 19.1 Å². The molecule has 0 aromatic rings. The summed E-state index contributed by atoms with van der Waals surface area (Å²) in [6.45, 7) is 7.31. The van der Waals surface area contributed by atoms with Crippen molar-refractivity contribution < 1.29 is 5.11 Å². The van der Waals surface area contributed by atoms with E-state index in [-0.39, 0.29) is 0 Å². The first-order valence-corrected chi connectivity index (χ1v) is 6.62. The number of likely N-dealkylation sites (N-methyl/N-ethyl adjacent to an activating group) is 2. The van der Waals surface area contributed by atoms with Crippen LogP contribution in [0.4, 0.5) is 0 Å². The number of hydrogen-bond donors (Lipinski definition) is 1. The zero-order valence-corrected chi connectivity index (χ0v) is 11.4. The molecule has 1 N–H and O–H groups in total. The van der Waals surface area contributed by atoms with E-state index in [0.29, 0.717) is 6.04 Å². The number of nitrogens with zero attached hydrogens (tertiary/aromatic N) is 2. The standard InChI is InChI=1S/C13H28N2O/c1-5-13(16,6-2)11-15(4)12-8-7-9-14(3)10-12/h12,16H,5-11H2,1-4H3. The Bertz CT molecular complexity index is 204. The maximum absolute atomic E-state index is 10.3. The zero-order valence-electron chi connectivity index (χ0n) is 11.4. The largest absolute Gasteiger partial charge is 0.389 e. The monoisotopic (exact) mass is 228 g/mol. The Labute approximate surface area is 100 Å². The molecule has 1 aliphatic rings. The minimum Gasteiger partial charge on any atom is -0.389 e. The molecular formula is C13H28N2O. The van der Waals surface area contributed by atoms with E-state index in [2.05, 4.69) is 37.7 Å². The van der Waals surface area contributed by atoms with Crippen molar-refractivity contribution in [3.63, 3.8) is 0 Å². The molecule has 0 radical (unpaired) electrons. The number of aliphatic hydroxyl groups is 1. The molecule has 1 atom stereocenters. The van der Waals surface area contributed by atoms with Gasteiger partial charge in [-0.3, -0.25) is 4.90 Å². The molecule has 0 spiro atoms. The third-order valence-electron chi connectivity index (χ3n) is 4.08. The Morgan fingerprint density at radius 2 is 2.00 bits per heavy atom. The van der Waals surface area contributed by atoms with Gasteiger partial charge in [-0.05, 0) is 46.3 Å². The molecule has 0 amide bonds. The number of hydrogen-bond acceptors (Lipinski definition) is 3. The van der Waals surface area contributed by atoms with Gasteiger partial charge in [-0.2, -0.15) is 0 Å². The zero-order chi connectivity index (χ0) is 12.2. The minimum absolute atomic E-state index is 0.495. The van der Waals surface area contributed by atoms with Gasteiger partial charge in [0.1, 0.15) is 0 Å². The van der Waals surface area contributed by atoms with Crippen LogP contribution in [0.25, 0.3) is 0 Å². The lowest BCUT2D eigenvalue weighted by Gasteiger charge is -2.39. The summed E-state index contributed by atoms with van der Waals surface area (Å²) in [7, 11) is 4.34. The Morgan fingerprint density at radius 1 is 1.38 bits per heavy atom. The lowest BCUT2D eigenvalue weighted by atomic mass is 9.95. The number of rotatable bonds is 5. The van der Waals surface area contributed by atoms with Crippen molar-refractivity contribution >= 4 is 0 Å². The minimum atomic E-state index is -0.495. The van der Waals surface area contributed by atoms with Gasteiger partial charge in [-0.1, -0.05) is 13.8 Å². The summed E-state index contributed by atoms with van der Waals surface area (Å²) in [5, 5.41) is 10.3. The molecule has 1 saturated heterocycles. The quantitative estimate of drug-likeness (QED) is 0.773. The van der Waals surface area contributed by atoms with E-state index >= 15 is 0 Å². The Balaban J connectivity index is 2.47. The normalized spacial score (nSPS) is 24.0. The van der Waals surface area contributed by atoms with Crippen molar-refractivity contribution in [3.8, 4) is 0 Å².